The molecule has 2 atom stereocenters. The Kier molecular flexibility index (Phi) is 5.09. The summed E-state index contributed by atoms with van der Waals surface area (Å²) in [4.78, 5) is 26.8. The molecule has 1 rings (SSSR count). The number of nitrogens with zero attached hydrogens (tertiary/aromatic N) is 1. The summed E-state index contributed by atoms with van der Waals surface area (Å²) in [5.41, 5.74) is -0.578. The van der Waals surface area contributed by atoms with Gasteiger partial charge in [-0.1, -0.05) is 11.6 Å². The molecule has 6 nitrogen and oxygen atoms in total. The summed E-state index contributed by atoms with van der Waals surface area (Å²) in [6, 6.07) is 0. The van der Waals surface area contributed by atoms with Crippen LogP contribution in [0.4, 0.5) is 0 Å². The molecular formula is C11H17NO5. The molecule has 0 heterocycles. The fraction of sp³-hybridized carbons (Fsp3) is 0.727. The molecule has 1 aliphatic rings. The number of methoxy groups -OCH3 is 1. The van der Waals surface area contributed by atoms with Crippen LogP contribution >= 0.6 is 0 Å². The minimum atomic E-state index is -1.37. The van der Waals surface area contributed by atoms with Crippen molar-refractivity contribution >= 4 is 17.5 Å². The minimum Gasteiger partial charge on any atom is -0.476 e. The summed E-state index contributed by atoms with van der Waals surface area (Å²) in [5, 5.41) is 12.2. The predicted octanol–water partition coefficient (Wildman–Crippen LogP) is 0.990. The third kappa shape index (κ3) is 3.81. The number of Topliss-reactive ketones (excluding diaryl/α,β-unsaturated/α-hetero) is 1. The molecule has 2 unspecified atom stereocenters. The Morgan fingerprint density at radius 1 is 1.24 bits per heavy atom. The Morgan fingerprint density at radius 3 is 2.29 bits per heavy atom. The lowest BCUT2D eigenvalue weighted by molar-refractivity contribution is -0.131. The van der Waals surface area contributed by atoms with Gasteiger partial charge < -0.3 is 14.7 Å². The van der Waals surface area contributed by atoms with Crippen LogP contribution < -0.4 is 0 Å². The van der Waals surface area contributed by atoms with Gasteiger partial charge in [-0.25, -0.2) is 4.79 Å². The van der Waals surface area contributed by atoms with Crippen molar-refractivity contribution in [1.82, 2.24) is 0 Å². The molecular weight excluding hydrogens is 226 g/mol. The molecule has 0 spiro atoms. The van der Waals surface area contributed by atoms with E-state index >= 15 is 0 Å². The van der Waals surface area contributed by atoms with Crippen LogP contribution in [0.3, 0.4) is 0 Å². The van der Waals surface area contributed by atoms with Crippen LogP contribution in [-0.2, 0) is 19.2 Å². The van der Waals surface area contributed by atoms with Gasteiger partial charge in [0.15, 0.2) is 11.9 Å². The van der Waals surface area contributed by atoms with Crippen LogP contribution in [0, 0.1) is 0 Å². The van der Waals surface area contributed by atoms with Gasteiger partial charge in [-0.3, -0.25) is 4.79 Å². The van der Waals surface area contributed by atoms with Crippen molar-refractivity contribution in [3.8, 4) is 0 Å². The molecule has 0 saturated heterocycles. The average Bonchev–Trinajstić information content (AvgIpc) is 2.29. The molecule has 0 aliphatic heterocycles. The molecule has 1 saturated carbocycles. The van der Waals surface area contributed by atoms with E-state index in [1.807, 2.05) is 0 Å². The largest absolute Gasteiger partial charge is 0.476 e. The third-order valence-corrected chi connectivity index (χ3v) is 2.76. The molecule has 0 aromatic heterocycles. The van der Waals surface area contributed by atoms with E-state index in [9.17, 15) is 9.59 Å². The smallest absolute Gasteiger partial charge is 0.361 e. The zero-order valence-corrected chi connectivity index (χ0v) is 10.0. The van der Waals surface area contributed by atoms with Crippen molar-refractivity contribution in [2.24, 2.45) is 5.16 Å². The van der Waals surface area contributed by atoms with Crippen LogP contribution in [0.1, 0.15) is 32.6 Å². The molecule has 1 fully saturated rings. The maximum absolute atomic E-state index is 11.0. The van der Waals surface area contributed by atoms with Crippen molar-refractivity contribution in [3.63, 3.8) is 0 Å². The zero-order chi connectivity index (χ0) is 12.8. The number of carbonyl (C=O) groups is 2. The quantitative estimate of drug-likeness (QED) is 0.442. The SMILES string of the molecule is COC1CCCCC1ON=C(C(C)=O)C(=O)O. The summed E-state index contributed by atoms with van der Waals surface area (Å²) in [5.74, 6) is -2.00. The highest BCUT2D eigenvalue weighted by molar-refractivity contribution is 6.63. The summed E-state index contributed by atoms with van der Waals surface area (Å²) >= 11 is 0. The van der Waals surface area contributed by atoms with Crippen molar-refractivity contribution in [2.75, 3.05) is 7.11 Å². The lowest BCUT2D eigenvalue weighted by atomic mass is 9.95. The first-order valence-corrected chi connectivity index (χ1v) is 5.57. The molecule has 0 amide bonds. The van der Waals surface area contributed by atoms with Crippen molar-refractivity contribution < 1.29 is 24.3 Å². The highest BCUT2D eigenvalue weighted by Crippen LogP contribution is 2.23. The third-order valence-electron chi connectivity index (χ3n) is 2.76. The molecule has 0 aromatic carbocycles. The topological polar surface area (TPSA) is 85.2 Å². The molecule has 0 bridgehead atoms. The van der Waals surface area contributed by atoms with Crippen LogP contribution in [0.15, 0.2) is 5.16 Å². The highest BCUT2D eigenvalue weighted by Gasteiger charge is 2.27. The zero-order valence-electron chi connectivity index (χ0n) is 10.0. The second kappa shape index (κ2) is 6.34. The van der Waals surface area contributed by atoms with E-state index < -0.39 is 17.5 Å². The van der Waals surface area contributed by atoms with Crippen molar-refractivity contribution in [3.05, 3.63) is 0 Å². The van der Waals surface area contributed by atoms with E-state index in [-0.39, 0.29) is 12.2 Å². The number of ketones is 1. The maximum atomic E-state index is 11.0. The van der Waals surface area contributed by atoms with Crippen LogP contribution in [0.25, 0.3) is 0 Å². The molecule has 17 heavy (non-hydrogen) atoms. The van der Waals surface area contributed by atoms with E-state index in [0.29, 0.717) is 0 Å². The standard InChI is InChI=1S/C11H17NO5/c1-7(13)10(11(14)15)12-17-9-6-4-3-5-8(9)16-2/h8-9H,3-6H2,1-2H3,(H,14,15). The van der Waals surface area contributed by atoms with Gasteiger partial charge in [-0.2, -0.15) is 0 Å². The summed E-state index contributed by atoms with van der Waals surface area (Å²) in [6.07, 6.45) is 3.30. The second-order valence-electron chi connectivity index (χ2n) is 4.00. The normalized spacial score (nSPS) is 25.4. The van der Waals surface area contributed by atoms with E-state index in [0.717, 1.165) is 32.6 Å². The van der Waals surface area contributed by atoms with E-state index in [4.69, 9.17) is 14.7 Å². The lowest BCUT2D eigenvalue weighted by Gasteiger charge is -2.28. The predicted molar refractivity (Wildman–Crippen MR) is 59.9 cm³/mol. The minimum absolute atomic E-state index is 0.0884. The van der Waals surface area contributed by atoms with Gasteiger partial charge in [-0.05, 0) is 19.3 Å². The second-order valence-corrected chi connectivity index (χ2v) is 4.00. The van der Waals surface area contributed by atoms with Gasteiger partial charge in [0.25, 0.3) is 0 Å². The molecule has 96 valence electrons. The molecule has 1 N–H and O–H groups in total. The number of rotatable bonds is 5. The van der Waals surface area contributed by atoms with E-state index in [1.54, 1.807) is 7.11 Å². The van der Waals surface area contributed by atoms with Gasteiger partial charge in [0.05, 0.1) is 6.10 Å². The van der Waals surface area contributed by atoms with Gasteiger partial charge in [-0.15, -0.1) is 0 Å². The number of oxime groups is 1. The van der Waals surface area contributed by atoms with Gasteiger partial charge >= 0.3 is 5.97 Å². The van der Waals surface area contributed by atoms with Crippen LogP contribution in [-0.4, -0.2) is 41.9 Å². The van der Waals surface area contributed by atoms with E-state index in [1.165, 1.54) is 0 Å². The van der Waals surface area contributed by atoms with E-state index in [2.05, 4.69) is 5.16 Å². The average molecular weight is 243 g/mol. The Balaban J connectivity index is 2.65. The number of aliphatic carboxylic acids is 1. The first-order chi connectivity index (χ1) is 8.06. The first kappa shape index (κ1) is 13.6. The van der Waals surface area contributed by atoms with Crippen LogP contribution in [0.5, 0.6) is 0 Å². The van der Waals surface area contributed by atoms with Crippen LogP contribution in [0.2, 0.25) is 0 Å². The molecule has 0 radical (unpaired) electrons. The molecule has 0 aromatic rings. The number of hydrogen-bond donors (Lipinski definition) is 1. The Morgan fingerprint density at radius 2 is 1.82 bits per heavy atom. The molecule has 1 aliphatic carbocycles. The van der Waals surface area contributed by atoms with Gasteiger partial charge in [0.1, 0.15) is 0 Å². The van der Waals surface area contributed by atoms with Crippen molar-refractivity contribution in [1.29, 1.82) is 0 Å². The first-order valence-electron chi connectivity index (χ1n) is 5.57. The number of carboxylic acids is 1. The number of carboxylic acid groups (broad SMARTS) is 1. The Hall–Kier alpha value is -1.43. The highest BCUT2D eigenvalue weighted by atomic mass is 16.7. The fourth-order valence-corrected chi connectivity index (χ4v) is 1.83. The Bertz CT molecular complexity index is 310. The summed E-state index contributed by atoms with van der Waals surface area (Å²) in [6.45, 7) is 1.14. The lowest BCUT2D eigenvalue weighted by Crippen LogP contribution is -2.33. The monoisotopic (exact) mass is 243 g/mol. The fourth-order valence-electron chi connectivity index (χ4n) is 1.83. The van der Waals surface area contributed by atoms with Gasteiger partial charge in [0, 0.05) is 14.0 Å². The Labute approximate surface area is 99.6 Å². The summed E-state index contributed by atoms with van der Waals surface area (Å²) in [7, 11) is 1.58. The van der Waals surface area contributed by atoms with Crippen molar-refractivity contribution in [2.45, 2.75) is 44.8 Å². The summed E-state index contributed by atoms with van der Waals surface area (Å²) < 4.78 is 5.23. The number of hydrogen-bond acceptors (Lipinski definition) is 5. The molecule has 6 heteroatoms. The maximum Gasteiger partial charge on any atom is 0.361 e. The number of carbonyl (C=O) groups excluding carboxylic acids is 1. The number of ether oxygens (including phenoxy) is 1. The van der Waals surface area contributed by atoms with Gasteiger partial charge in [0.2, 0.25) is 5.71 Å².